The number of nitriles is 1. The van der Waals surface area contributed by atoms with E-state index in [2.05, 4.69) is 15.3 Å². The van der Waals surface area contributed by atoms with Gasteiger partial charge in [-0.15, -0.1) is 11.3 Å². The Balaban J connectivity index is 2.30. The van der Waals surface area contributed by atoms with Crippen molar-refractivity contribution in [2.45, 2.75) is 13.0 Å². The number of pyridine rings is 1. The minimum atomic E-state index is -0.565. The summed E-state index contributed by atoms with van der Waals surface area (Å²) in [5.41, 5.74) is -0.0680. The van der Waals surface area contributed by atoms with Crippen molar-refractivity contribution in [3.05, 3.63) is 44.5 Å². The van der Waals surface area contributed by atoms with E-state index < -0.39 is 4.92 Å². The number of nitrogens with one attached hydrogen (secondary N) is 1. The average molecular weight is 275 g/mol. The van der Waals surface area contributed by atoms with Crippen LogP contribution in [0.2, 0.25) is 0 Å². The summed E-state index contributed by atoms with van der Waals surface area (Å²) >= 11 is 1.45. The molecule has 7 nitrogen and oxygen atoms in total. The predicted molar refractivity (Wildman–Crippen MR) is 69.8 cm³/mol. The maximum Gasteiger partial charge on any atom is 0.312 e. The predicted octanol–water partition coefficient (Wildman–Crippen LogP) is 2.49. The summed E-state index contributed by atoms with van der Waals surface area (Å²) < 4.78 is 0. The van der Waals surface area contributed by atoms with Gasteiger partial charge in [0, 0.05) is 23.8 Å². The lowest BCUT2D eigenvalue weighted by Gasteiger charge is -2.11. The van der Waals surface area contributed by atoms with Crippen LogP contribution in [-0.2, 0) is 0 Å². The third-order valence-corrected chi connectivity index (χ3v) is 3.33. The standard InChI is InChI=1S/C11H9N5O2S/c1-7(11-13-2-3-19-11)15-10-9(16(17)18)4-8(5-12)6-14-10/h2-4,6-7H,1H3,(H,14,15). The maximum atomic E-state index is 11.0. The third-order valence-electron chi connectivity index (χ3n) is 2.37. The third kappa shape index (κ3) is 2.83. The Hall–Kier alpha value is -2.53. The Kier molecular flexibility index (Phi) is 3.68. The van der Waals surface area contributed by atoms with Crippen LogP contribution in [0.4, 0.5) is 11.5 Å². The molecule has 0 saturated heterocycles. The summed E-state index contributed by atoms with van der Waals surface area (Å²) in [5, 5.41) is 25.3. The number of rotatable bonds is 4. The molecule has 0 saturated carbocycles. The van der Waals surface area contributed by atoms with Crippen LogP contribution in [0.15, 0.2) is 23.8 Å². The number of hydrogen-bond acceptors (Lipinski definition) is 7. The van der Waals surface area contributed by atoms with Crippen LogP contribution in [0, 0.1) is 21.4 Å². The molecule has 0 aliphatic carbocycles. The molecule has 0 aliphatic rings. The fourth-order valence-corrected chi connectivity index (χ4v) is 2.13. The van der Waals surface area contributed by atoms with Crippen molar-refractivity contribution in [3.8, 4) is 6.07 Å². The number of nitro groups is 1. The molecule has 1 atom stereocenters. The molecule has 19 heavy (non-hydrogen) atoms. The second-order valence-corrected chi connectivity index (χ2v) is 4.62. The van der Waals surface area contributed by atoms with Gasteiger partial charge < -0.3 is 5.32 Å². The first-order chi connectivity index (χ1) is 9.11. The number of nitrogens with zero attached hydrogens (tertiary/aromatic N) is 4. The molecule has 1 unspecified atom stereocenters. The fourth-order valence-electron chi connectivity index (χ4n) is 1.48. The summed E-state index contributed by atoms with van der Waals surface area (Å²) in [4.78, 5) is 18.4. The molecular formula is C11H9N5O2S. The summed E-state index contributed by atoms with van der Waals surface area (Å²) in [6.07, 6.45) is 2.96. The zero-order valence-corrected chi connectivity index (χ0v) is 10.7. The maximum absolute atomic E-state index is 11.0. The molecule has 0 amide bonds. The molecule has 0 spiro atoms. The van der Waals surface area contributed by atoms with Crippen LogP contribution in [-0.4, -0.2) is 14.9 Å². The van der Waals surface area contributed by atoms with Crippen molar-refractivity contribution in [3.63, 3.8) is 0 Å². The van der Waals surface area contributed by atoms with E-state index >= 15 is 0 Å². The Bertz CT molecular complexity index is 635. The van der Waals surface area contributed by atoms with Crippen molar-refractivity contribution < 1.29 is 4.92 Å². The highest BCUT2D eigenvalue weighted by molar-refractivity contribution is 7.09. The van der Waals surface area contributed by atoms with Gasteiger partial charge in [0.25, 0.3) is 0 Å². The molecule has 2 heterocycles. The van der Waals surface area contributed by atoms with Crippen LogP contribution < -0.4 is 5.32 Å². The summed E-state index contributed by atoms with van der Waals surface area (Å²) in [5.74, 6) is 0.131. The first kappa shape index (κ1) is 12.9. The van der Waals surface area contributed by atoms with Gasteiger partial charge in [-0.05, 0) is 6.92 Å². The topological polar surface area (TPSA) is 105 Å². The fraction of sp³-hybridized carbons (Fsp3) is 0.182. The Morgan fingerprint density at radius 1 is 1.58 bits per heavy atom. The monoisotopic (exact) mass is 275 g/mol. The highest BCUT2D eigenvalue weighted by atomic mass is 32.1. The van der Waals surface area contributed by atoms with E-state index in [0.29, 0.717) is 0 Å². The van der Waals surface area contributed by atoms with Crippen LogP contribution in [0.25, 0.3) is 0 Å². The lowest BCUT2D eigenvalue weighted by atomic mass is 10.2. The van der Waals surface area contributed by atoms with E-state index in [0.717, 1.165) is 5.01 Å². The molecule has 2 aromatic heterocycles. The minimum Gasteiger partial charge on any atom is -0.355 e. The van der Waals surface area contributed by atoms with Crippen molar-refractivity contribution in [2.24, 2.45) is 0 Å². The molecule has 96 valence electrons. The quantitative estimate of drug-likeness (QED) is 0.678. The number of aromatic nitrogens is 2. The number of hydrogen-bond donors (Lipinski definition) is 1. The smallest absolute Gasteiger partial charge is 0.312 e. The molecule has 0 aliphatic heterocycles. The van der Waals surface area contributed by atoms with Crippen molar-refractivity contribution in [1.82, 2.24) is 9.97 Å². The van der Waals surface area contributed by atoms with Gasteiger partial charge in [0.05, 0.1) is 16.5 Å². The lowest BCUT2D eigenvalue weighted by molar-refractivity contribution is -0.384. The first-order valence-corrected chi connectivity index (χ1v) is 6.20. The molecule has 0 radical (unpaired) electrons. The molecule has 1 N–H and O–H groups in total. The average Bonchev–Trinajstić information content (AvgIpc) is 2.92. The molecule has 0 bridgehead atoms. The zero-order chi connectivity index (χ0) is 13.8. The zero-order valence-electron chi connectivity index (χ0n) is 9.90. The Morgan fingerprint density at radius 3 is 2.95 bits per heavy atom. The van der Waals surface area contributed by atoms with Crippen molar-refractivity contribution >= 4 is 22.8 Å². The second kappa shape index (κ2) is 5.41. The molecule has 0 fully saturated rings. The summed E-state index contributed by atoms with van der Waals surface area (Å²) in [6.45, 7) is 1.84. The van der Waals surface area contributed by atoms with Crippen molar-refractivity contribution in [1.29, 1.82) is 5.26 Å². The van der Waals surface area contributed by atoms with E-state index in [1.54, 1.807) is 6.20 Å². The molecule has 2 aromatic rings. The summed E-state index contributed by atoms with van der Waals surface area (Å²) in [7, 11) is 0. The van der Waals surface area contributed by atoms with Crippen molar-refractivity contribution in [2.75, 3.05) is 5.32 Å². The van der Waals surface area contributed by atoms with Crippen LogP contribution in [0.5, 0.6) is 0 Å². The largest absolute Gasteiger partial charge is 0.355 e. The molecule has 2 rings (SSSR count). The van der Waals surface area contributed by atoms with Gasteiger partial charge in [0.1, 0.15) is 11.1 Å². The molecule has 0 aromatic carbocycles. The van der Waals surface area contributed by atoms with Gasteiger partial charge >= 0.3 is 5.69 Å². The number of anilines is 1. The van der Waals surface area contributed by atoms with E-state index in [4.69, 9.17) is 5.26 Å². The van der Waals surface area contributed by atoms with Gasteiger partial charge in [-0.3, -0.25) is 10.1 Å². The minimum absolute atomic E-state index is 0.131. The first-order valence-electron chi connectivity index (χ1n) is 5.32. The van der Waals surface area contributed by atoms with Crippen LogP contribution >= 0.6 is 11.3 Å². The van der Waals surface area contributed by atoms with Gasteiger partial charge in [-0.2, -0.15) is 5.26 Å². The van der Waals surface area contributed by atoms with Crippen LogP contribution in [0.3, 0.4) is 0 Å². The Labute approximate surface area is 112 Å². The molecule has 8 heteroatoms. The van der Waals surface area contributed by atoms with Gasteiger partial charge in [0.15, 0.2) is 0 Å². The summed E-state index contributed by atoms with van der Waals surface area (Å²) in [6, 6.07) is 2.83. The number of thiazole rings is 1. The SMILES string of the molecule is CC(Nc1ncc(C#N)cc1[N+](=O)[O-])c1nccs1. The second-order valence-electron chi connectivity index (χ2n) is 3.70. The van der Waals surface area contributed by atoms with E-state index in [9.17, 15) is 10.1 Å². The lowest BCUT2D eigenvalue weighted by Crippen LogP contribution is -2.09. The normalized spacial score (nSPS) is 11.6. The van der Waals surface area contributed by atoms with Gasteiger partial charge in [0.2, 0.25) is 5.82 Å². The van der Waals surface area contributed by atoms with Gasteiger partial charge in [-0.1, -0.05) is 0 Å². The van der Waals surface area contributed by atoms with Gasteiger partial charge in [-0.25, -0.2) is 9.97 Å². The van der Waals surface area contributed by atoms with E-state index in [1.807, 2.05) is 18.4 Å². The van der Waals surface area contributed by atoms with E-state index in [-0.39, 0.29) is 23.1 Å². The molecular weight excluding hydrogens is 266 g/mol. The van der Waals surface area contributed by atoms with E-state index in [1.165, 1.54) is 23.6 Å². The highest BCUT2D eigenvalue weighted by Crippen LogP contribution is 2.27. The Morgan fingerprint density at radius 2 is 2.37 bits per heavy atom. The van der Waals surface area contributed by atoms with Crippen LogP contribution in [0.1, 0.15) is 23.5 Å². The highest BCUT2D eigenvalue weighted by Gasteiger charge is 2.19.